The van der Waals surface area contributed by atoms with E-state index < -0.39 is 47.3 Å². The Balaban J connectivity index is 2.19. The molecule has 1 N–H and O–H groups in total. The number of carbonyl (C=O) groups excluding carboxylic acids is 2. The predicted octanol–water partition coefficient (Wildman–Crippen LogP) is 3.48. The molecule has 8 nitrogen and oxygen atoms in total. The third-order valence-electron chi connectivity index (χ3n) is 4.59. The molecule has 1 saturated heterocycles. The molecule has 0 bridgehead atoms. The van der Waals surface area contributed by atoms with Crippen LogP contribution in [-0.2, 0) is 14.3 Å². The number of nitro benzene ring substituents is 1. The maximum atomic E-state index is 12.8. The van der Waals surface area contributed by atoms with E-state index in [9.17, 15) is 32.9 Å². The molecule has 0 radical (unpaired) electrons. The first-order valence-corrected chi connectivity index (χ1v) is 9.29. The zero-order valence-corrected chi connectivity index (χ0v) is 16.5. The van der Waals surface area contributed by atoms with Gasteiger partial charge in [0.15, 0.2) is 0 Å². The van der Waals surface area contributed by atoms with Gasteiger partial charge in [-0.1, -0.05) is 24.8 Å². The normalized spacial score (nSPS) is 23.9. The van der Waals surface area contributed by atoms with Crippen molar-refractivity contribution in [2.75, 3.05) is 0 Å². The summed E-state index contributed by atoms with van der Waals surface area (Å²) >= 11 is 0. The number of esters is 1. The molecule has 2 rings (SSSR count). The first-order chi connectivity index (χ1) is 14.5. The fourth-order valence-corrected chi connectivity index (χ4v) is 3.14. The van der Waals surface area contributed by atoms with Gasteiger partial charge >= 0.3 is 18.1 Å². The van der Waals surface area contributed by atoms with Crippen molar-refractivity contribution >= 4 is 17.6 Å². The molecule has 1 fully saturated rings. The van der Waals surface area contributed by atoms with E-state index in [2.05, 4.69) is 6.58 Å². The van der Waals surface area contributed by atoms with Gasteiger partial charge in [0.05, 0.1) is 28.7 Å². The lowest BCUT2D eigenvalue weighted by molar-refractivity contribution is -0.384. The average Bonchev–Trinajstić information content (AvgIpc) is 2.70. The van der Waals surface area contributed by atoms with Crippen molar-refractivity contribution in [2.24, 2.45) is 0 Å². The molecule has 4 atom stereocenters. The standard InChI is InChI=1S/C20H21F3N2O6/c1-3-4-5-6-15-11-16(24-19(27)20(21,22)23)17(12(2)30-15)31-18(26)13-7-9-14(10-8-13)25(28)29/h3-5,7-10,12,15-17H,1,6,11H2,2H3,(H,24,27)/b5-4+/t12-,15-,16-,17+/m0/s1. The van der Waals surface area contributed by atoms with Crippen LogP contribution in [-0.4, -0.2) is 47.3 Å². The second-order valence-electron chi connectivity index (χ2n) is 6.85. The summed E-state index contributed by atoms with van der Waals surface area (Å²) in [6.07, 6.45) is -2.40. The average molecular weight is 442 g/mol. The third kappa shape index (κ3) is 6.64. The highest BCUT2D eigenvalue weighted by molar-refractivity contribution is 5.90. The fourth-order valence-electron chi connectivity index (χ4n) is 3.14. The summed E-state index contributed by atoms with van der Waals surface area (Å²) in [6.45, 7) is 5.04. The smallest absolute Gasteiger partial charge is 0.454 e. The van der Waals surface area contributed by atoms with Gasteiger partial charge < -0.3 is 14.8 Å². The van der Waals surface area contributed by atoms with Gasteiger partial charge in [0.2, 0.25) is 0 Å². The van der Waals surface area contributed by atoms with E-state index >= 15 is 0 Å². The first kappa shape index (κ1) is 24.1. The number of nitrogens with zero attached hydrogens (tertiary/aromatic N) is 1. The van der Waals surface area contributed by atoms with E-state index in [1.165, 1.54) is 25.1 Å². The van der Waals surface area contributed by atoms with Crippen molar-refractivity contribution in [1.82, 2.24) is 5.32 Å². The number of benzene rings is 1. The number of alkyl halides is 3. The predicted molar refractivity (Wildman–Crippen MR) is 103 cm³/mol. The lowest BCUT2D eigenvalue weighted by Gasteiger charge is -2.40. The van der Waals surface area contributed by atoms with Gasteiger partial charge in [-0.2, -0.15) is 13.2 Å². The second-order valence-corrected chi connectivity index (χ2v) is 6.85. The first-order valence-electron chi connectivity index (χ1n) is 9.29. The van der Waals surface area contributed by atoms with Crippen LogP contribution >= 0.6 is 0 Å². The molecule has 1 amide bonds. The number of ether oxygens (including phenoxy) is 2. The lowest BCUT2D eigenvalue weighted by atomic mass is 9.94. The van der Waals surface area contributed by atoms with Crippen LogP contribution in [0, 0.1) is 10.1 Å². The maximum absolute atomic E-state index is 12.8. The van der Waals surface area contributed by atoms with Crippen LogP contribution in [0.25, 0.3) is 0 Å². The van der Waals surface area contributed by atoms with Crippen molar-refractivity contribution in [1.29, 1.82) is 0 Å². The molecule has 0 unspecified atom stereocenters. The molecule has 1 aliphatic heterocycles. The zero-order chi connectivity index (χ0) is 23.2. The maximum Gasteiger partial charge on any atom is 0.471 e. The summed E-state index contributed by atoms with van der Waals surface area (Å²) in [4.78, 5) is 34.0. The van der Waals surface area contributed by atoms with E-state index in [4.69, 9.17) is 9.47 Å². The Bertz CT molecular complexity index is 853. The van der Waals surface area contributed by atoms with Crippen molar-refractivity contribution in [3.8, 4) is 0 Å². The molecule has 1 aliphatic rings. The van der Waals surface area contributed by atoms with Crippen molar-refractivity contribution in [3.63, 3.8) is 0 Å². The minimum Gasteiger partial charge on any atom is -0.454 e. The van der Waals surface area contributed by atoms with Gasteiger partial charge in [-0.25, -0.2) is 4.79 Å². The van der Waals surface area contributed by atoms with Crippen LogP contribution in [0.2, 0.25) is 0 Å². The summed E-state index contributed by atoms with van der Waals surface area (Å²) < 4.78 is 49.4. The highest BCUT2D eigenvalue weighted by Gasteiger charge is 2.45. The number of non-ortho nitro benzene ring substituents is 1. The molecule has 0 aliphatic carbocycles. The molecular formula is C20H21F3N2O6. The van der Waals surface area contributed by atoms with Crippen LogP contribution in [0.3, 0.4) is 0 Å². The Kier molecular flexibility index (Phi) is 7.92. The Labute approximate surface area is 175 Å². The van der Waals surface area contributed by atoms with Gasteiger partial charge in [-0.05, 0) is 31.9 Å². The summed E-state index contributed by atoms with van der Waals surface area (Å²) in [5.41, 5.74) is -0.272. The summed E-state index contributed by atoms with van der Waals surface area (Å²) in [6, 6.07) is 3.38. The molecule has 1 aromatic rings. The van der Waals surface area contributed by atoms with Gasteiger partial charge in [0.1, 0.15) is 6.10 Å². The summed E-state index contributed by atoms with van der Waals surface area (Å²) in [5, 5.41) is 12.6. The lowest BCUT2D eigenvalue weighted by Crippen LogP contribution is -2.58. The number of allylic oxidation sites excluding steroid dienone is 2. The van der Waals surface area contributed by atoms with Gasteiger partial charge in [-0.15, -0.1) is 0 Å². The third-order valence-corrected chi connectivity index (χ3v) is 4.59. The molecule has 168 valence electrons. The van der Waals surface area contributed by atoms with Crippen LogP contribution in [0.4, 0.5) is 18.9 Å². The van der Waals surface area contributed by atoms with Crippen LogP contribution in [0.1, 0.15) is 30.1 Å². The van der Waals surface area contributed by atoms with E-state index in [1.807, 2.05) is 5.32 Å². The topological polar surface area (TPSA) is 108 Å². The largest absolute Gasteiger partial charge is 0.471 e. The van der Waals surface area contributed by atoms with Crippen molar-refractivity contribution < 1.29 is 37.2 Å². The minimum absolute atomic E-state index is 0.0220. The monoisotopic (exact) mass is 442 g/mol. The van der Waals surface area contributed by atoms with Gasteiger partial charge in [0, 0.05) is 12.1 Å². The van der Waals surface area contributed by atoms with E-state index in [1.54, 1.807) is 12.2 Å². The molecule has 1 aromatic carbocycles. The Hall–Kier alpha value is -3.21. The van der Waals surface area contributed by atoms with E-state index in [-0.39, 0.29) is 17.7 Å². The molecule has 31 heavy (non-hydrogen) atoms. The van der Waals surface area contributed by atoms with Gasteiger partial charge in [-0.3, -0.25) is 14.9 Å². The number of halogens is 3. The number of amides is 1. The summed E-state index contributed by atoms with van der Waals surface area (Å²) in [7, 11) is 0. The molecule has 0 spiro atoms. The fraction of sp³-hybridized carbons (Fsp3) is 0.400. The zero-order valence-electron chi connectivity index (χ0n) is 16.5. The van der Waals surface area contributed by atoms with Crippen LogP contribution in [0.5, 0.6) is 0 Å². The number of carbonyl (C=O) groups is 2. The quantitative estimate of drug-likeness (QED) is 0.300. The molecule has 11 heteroatoms. The summed E-state index contributed by atoms with van der Waals surface area (Å²) in [5.74, 6) is -3.06. The SMILES string of the molecule is C=C/C=C/C[C@H]1C[C@H](NC(=O)C(F)(F)F)[C@H](OC(=O)c2ccc([N+](=O)[O-])cc2)[C@H](C)O1. The van der Waals surface area contributed by atoms with Crippen LogP contribution < -0.4 is 5.32 Å². The highest BCUT2D eigenvalue weighted by Crippen LogP contribution is 2.27. The van der Waals surface area contributed by atoms with Crippen molar-refractivity contribution in [2.45, 2.75) is 50.3 Å². The minimum atomic E-state index is -5.10. The Morgan fingerprint density at radius 1 is 1.35 bits per heavy atom. The number of hydrogen-bond acceptors (Lipinski definition) is 6. The Morgan fingerprint density at radius 3 is 2.55 bits per heavy atom. The highest BCUT2D eigenvalue weighted by atomic mass is 19.4. The molecule has 1 heterocycles. The molecule has 0 saturated carbocycles. The molecular weight excluding hydrogens is 421 g/mol. The number of hydrogen-bond donors (Lipinski definition) is 1. The van der Waals surface area contributed by atoms with Gasteiger partial charge in [0.25, 0.3) is 5.69 Å². The van der Waals surface area contributed by atoms with E-state index in [0.717, 1.165) is 12.1 Å². The number of rotatable bonds is 7. The number of nitro groups is 1. The second kappa shape index (κ2) is 10.2. The Morgan fingerprint density at radius 2 is 2.00 bits per heavy atom. The number of nitrogens with one attached hydrogen (secondary N) is 1. The van der Waals surface area contributed by atoms with E-state index in [0.29, 0.717) is 6.42 Å². The van der Waals surface area contributed by atoms with Crippen molar-refractivity contribution in [3.05, 3.63) is 64.8 Å². The molecule has 0 aromatic heterocycles. The van der Waals surface area contributed by atoms with Crippen LogP contribution in [0.15, 0.2) is 49.1 Å².